The zero-order valence-corrected chi connectivity index (χ0v) is 27.2. The number of piperazine rings is 1. The number of hydrogen-bond acceptors (Lipinski definition) is 8. The fourth-order valence-corrected chi connectivity index (χ4v) is 6.39. The van der Waals surface area contributed by atoms with E-state index in [-0.39, 0.29) is 16.1 Å². The molecule has 0 saturated carbocycles. The number of fused-ring (bicyclic) bond motifs is 1. The number of benzene rings is 2. The lowest BCUT2D eigenvalue weighted by Crippen LogP contribution is -2.50. The normalized spacial score (nSPS) is 15.4. The number of likely N-dealkylation sites (N-methyl/N-ethyl adjacent to an activating group) is 1. The highest BCUT2D eigenvalue weighted by molar-refractivity contribution is 6.33. The van der Waals surface area contributed by atoms with E-state index < -0.39 is 11.7 Å². The number of phenols is 1. The maximum atomic E-state index is 14.0. The van der Waals surface area contributed by atoms with Crippen LogP contribution in [0.25, 0.3) is 33.5 Å². The van der Waals surface area contributed by atoms with Crippen LogP contribution in [0.3, 0.4) is 0 Å². The van der Waals surface area contributed by atoms with E-state index in [9.17, 15) is 14.7 Å². The lowest BCUT2D eigenvalue weighted by molar-refractivity contribution is 0.0998. The standard InChI is InChI=1S/C33H34Cl2N8O3/c1-19-17-40(2)11-12-43(19)27-15-26(25(35)16-38-27)37-9-10-42-18-23(21-13-22(30(36)45)29(44)24(34)14-21)28-32(42)39-31(41(3)33(28)46)20-7-5-4-6-8-20/h4-8,13-16,18-19,44H,9-12,17H2,1-3H3,(H2,36,45)(H,37,38)/t19-/m0/s1. The van der Waals surface area contributed by atoms with E-state index in [1.54, 1.807) is 19.4 Å². The molecular formula is C33H34Cl2N8O3. The van der Waals surface area contributed by atoms with Gasteiger partial charge >= 0.3 is 0 Å². The molecule has 1 atom stereocenters. The second-order valence-corrected chi connectivity index (χ2v) is 12.4. The molecular weight excluding hydrogens is 627 g/mol. The second kappa shape index (κ2) is 12.7. The van der Waals surface area contributed by atoms with Gasteiger partial charge in [-0.2, -0.15) is 0 Å². The van der Waals surface area contributed by atoms with E-state index in [1.165, 1.54) is 16.7 Å². The van der Waals surface area contributed by atoms with Gasteiger partial charge in [-0.15, -0.1) is 0 Å². The van der Waals surface area contributed by atoms with Crippen molar-refractivity contribution < 1.29 is 9.90 Å². The number of aromatic hydroxyl groups is 1. The minimum atomic E-state index is -0.842. The van der Waals surface area contributed by atoms with Gasteiger partial charge in [0.2, 0.25) is 0 Å². The molecule has 6 rings (SSSR count). The Morgan fingerprint density at radius 2 is 1.85 bits per heavy atom. The van der Waals surface area contributed by atoms with Crippen LogP contribution in [0.4, 0.5) is 11.5 Å². The summed E-state index contributed by atoms with van der Waals surface area (Å²) in [4.78, 5) is 40.2. The van der Waals surface area contributed by atoms with Crippen LogP contribution in [-0.2, 0) is 13.6 Å². The lowest BCUT2D eigenvalue weighted by atomic mass is 10.0. The third kappa shape index (κ3) is 5.89. The van der Waals surface area contributed by atoms with Crippen molar-refractivity contribution in [3.05, 3.63) is 86.9 Å². The number of hydrogen-bond donors (Lipinski definition) is 3. The van der Waals surface area contributed by atoms with Crippen molar-refractivity contribution in [3.63, 3.8) is 0 Å². The quantitative estimate of drug-likeness (QED) is 0.216. The Bertz CT molecular complexity index is 2010. The number of pyridine rings is 1. The molecule has 0 radical (unpaired) electrons. The highest BCUT2D eigenvalue weighted by atomic mass is 35.5. The molecule has 4 heterocycles. The van der Waals surface area contributed by atoms with Crippen LogP contribution >= 0.6 is 23.2 Å². The second-order valence-electron chi connectivity index (χ2n) is 11.6. The molecule has 238 valence electrons. The number of nitrogens with one attached hydrogen (secondary N) is 1. The molecule has 1 saturated heterocycles. The smallest absolute Gasteiger partial charge is 0.263 e. The van der Waals surface area contributed by atoms with Crippen LogP contribution in [0.5, 0.6) is 5.75 Å². The van der Waals surface area contributed by atoms with E-state index in [0.717, 1.165) is 36.7 Å². The zero-order valence-electron chi connectivity index (χ0n) is 25.7. The third-order valence-corrected chi connectivity index (χ3v) is 8.99. The predicted octanol–water partition coefficient (Wildman–Crippen LogP) is 4.83. The van der Waals surface area contributed by atoms with E-state index >= 15 is 0 Å². The first-order chi connectivity index (χ1) is 22.0. The van der Waals surface area contributed by atoms with Crippen molar-refractivity contribution in [2.75, 3.05) is 43.4 Å². The Kier molecular flexibility index (Phi) is 8.65. The number of halogens is 2. The minimum absolute atomic E-state index is 0.0580. The zero-order chi connectivity index (χ0) is 32.7. The van der Waals surface area contributed by atoms with Gasteiger partial charge in [-0.25, -0.2) is 9.97 Å². The molecule has 1 amide bonds. The lowest BCUT2D eigenvalue weighted by Gasteiger charge is -2.39. The highest BCUT2D eigenvalue weighted by Crippen LogP contribution is 2.36. The summed E-state index contributed by atoms with van der Waals surface area (Å²) in [5, 5.41) is 14.6. The first-order valence-electron chi connectivity index (χ1n) is 14.9. The summed E-state index contributed by atoms with van der Waals surface area (Å²) in [7, 11) is 3.79. The number of nitrogens with two attached hydrogens (primary N) is 1. The molecule has 0 bridgehead atoms. The van der Waals surface area contributed by atoms with Gasteiger partial charge < -0.3 is 30.5 Å². The highest BCUT2D eigenvalue weighted by Gasteiger charge is 2.24. The fourth-order valence-electron chi connectivity index (χ4n) is 6.00. The van der Waals surface area contributed by atoms with Crippen LogP contribution in [0.15, 0.2) is 65.7 Å². The average molecular weight is 662 g/mol. The van der Waals surface area contributed by atoms with Gasteiger partial charge in [0, 0.05) is 75.4 Å². The number of carbonyl (C=O) groups excluding carboxylic acids is 1. The summed E-state index contributed by atoms with van der Waals surface area (Å²) in [6.07, 6.45) is 3.46. The van der Waals surface area contributed by atoms with E-state index in [4.69, 9.17) is 33.9 Å². The average Bonchev–Trinajstić information content (AvgIpc) is 3.40. The summed E-state index contributed by atoms with van der Waals surface area (Å²) in [5.74, 6) is 0.101. The summed E-state index contributed by atoms with van der Waals surface area (Å²) >= 11 is 12.9. The molecule has 13 heteroatoms. The first kappa shape index (κ1) is 31.4. The van der Waals surface area contributed by atoms with Crippen LogP contribution in [-0.4, -0.2) is 74.3 Å². The van der Waals surface area contributed by atoms with Crippen molar-refractivity contribution in [3.8, 4) is 28.3 Å². The molecule has 5 aromatic rings. The fraction of sp³-hybridized carbons (Fsp3) is 0.273. The Balaban J connectivity index is 1.39. The van der Waals surface area contributed by atoms with Gasteiger partial charge in [-0.05, 0) is 31.7 Å². The molecule has 11 nitrogen and oxygen atoms in total. The topological polar surface area (TPSA) is 135 Å². The Hall–Kier alpha value is -4.58. The van der Waals surface area contributed by atoms with Crippen LogP contribution < -0.4 is 21.5 Å². The molecule has 1 fully saturated rings. The summed E-state index contributed by atoms with van der Waals surface area (Å²) in [6, 6.07) is 14.7. The number of primary amides is 1. The van der Waals surface area contributed by atoms with Crippen molar-refractivity contribution in [2.45, 2.75) is 19.5 Å². The predicted molar refractivity (Wildman–Crippen MR) is 183 cm³/mol. The Morgan fingerprint density at radius 1 is 1.09 bits per heavy atom. The number of amides is 1. The number of carbonyl (C=O) groups is 1. The molecule has 46 heavy (non-hydrogen) atoms. The van der Waals surface area contributed by atoms with Gasteiger partial charge in [-0.1, -0.05) is 53.5 Å². The molecule has 0 unspecified atom stereocenters. The van der Waals surface area contributed by atoms with Crippen molar-refractivity contribution in [1.82, 2.24) is 24.0 Å². The molecule has 4 N–H and O–H groups in total. The summed E-state index contributed by atoms with van der Waals surface area (Å²) < 4.78 is 3.38. The van der Waals surface area contributed by atoms with E-state index in [1.807, 2.05) is 41.0 Å². The molecule has 0 spiro atoms. The molecule has 0 aliphatic carbocycles. The third-order valence-electron chi connectivity index (χ3n) is 8.40. The van der Waals surface area contributed by atoms with Gasteiger partial charge in [0.05, 0.1) is 26.7 Å². The van der Waals surface area contributed by atoms with Gasteiger partial charge in [0.15, 0.2) is 0 Å². The molecule has 2 aromatic carbocycles. The minimum Gasteiger partial charge on any atom is -0.506 e. The van der Waals surface area contributed by atoms with Gasteiger partial charge in [-0.3, -0.25) is 14.2 Å². The molecule has 3 aromatic heterocycles. The number of nitrogens with zero attached hydrogens (tertiary/aromatic N) is 6. The van der Waals surface area contributed by atoms with E-state index in [0.29, 0.717) is 52.1 Å². The van der Waals surface area contributed by atoms with Crippen molar-refractivity contribution >= 4 is 51.6 Å². The maximum absolute atomic E-state index is 14.0. The van der Waals surface area contributed by atoms with Crippen LogP contribution in [0.2, 0.25) is 10.0 Å². The van der Waals surface area contributed by atoms with Gasteiger partial charge in [0.1, 0.15) is 23.0 Å². The summed E-state index contributed by atoms with van der Waals surface area (Å²) in [5.41, 5.74) is 8.04. The monoisotopic (exact) mass is 660 g/mol. The summed E-state index contributed by atoms with van der Waals surface area (Å²) in [6.45, 7) is 5.81. The van der Waals surface area contributed by atoms with Crippen LogP contribution in [0.1, 0.15) is 17.3 Å². The Labute approximate surface area is 275 Å². The Morgan fingerprint density at radius 3 is 2.57 bits per heavy atom. The van der Waals surface area contributed by atoms with Crippen molar-refractivity contribution in [2.24, 2.45) is 12.8 Å². The number of anilines is 2. The SMILES string of the molecule is C[C@H]1CN(C)CCN1c1cc(NCCn2cc(-c3cc(Cl)c(O)c(C(N)=O)c3)c3c(=O)n(C)c(-c4ccccc4)nc32)c(Cl)cn1. The maximum Gasteiger partial charge on any atom is 0.263 e. The largest absolute Gasteiger partial charge is 0.506 e. The van der Waals surface area contributed by atoms with Crippen LogP contribution in [0, 0.1) is 0 Å². The molecule has 1 aliphatic rings. The van der Waals surface area contributed by atoms with Gasteiger partial charge in [0.25, 0.3) is 11.5 Å². The number of aromatic nitrogens is 4. The van der Waals surface area contributed by atoms with E-state index in [2.05, 4.69) is 34.1 Å². The van der Waals surface area contributed by atoms with Crippen molar-refractivity contribution in [1.29, 1.82) is 0 Å². The number of rotatable bonds is 8. The first-order valence-corrected chi connectivity index (χ1v) is 15.6. The molecule has 1 aliphatic heterocycles.